The molecule has 0 aliphatic heterocycles. The normalized spacial score (nSPS) is 33.5. The van der Waals surface area contributed by atoms with Crippen LogP contribution in [0, 0.1) is 17.3 Å². The number of likely N-dealkylation sites (N-methyl/N-ethyl adjacent to an activating group) is 1. The first kappa shape index (κ1) is 21.8. The van der Waals surface area contributed by atoms with Gasteiger partial charge in [-0.3, -0.25) is 0 Å². The van der Waals surface area contributed by atoms with E-state index in [1.165, 1.54) is 16.7 Å². The van der Waals surface area contributed by atoms with Crippen LogP contribution in [0.3, 0.4) is 0 Å². The van der Waals surface area contributed by atoms with Crippen molar-refractivity contribution < 1.29 is 14.9 Å². The highest BCUT2D eigenvalue weighted by Gasteiger charge is 2.56. The third-order valence-electron chi connectivity index (χ3n) is 8.83. The number of benzene rings is 2. The second kappa shape index (κ2) is 8.39. The molecule has 0 radical (unpaired) electrons. The molecule has 0 aromatic heterocycles. The van der Waals surface area contributed by atoms with Crippen molar-refractivity contribution in [2.75, 3.05) is 27.2 Å². The van der Waals surface area contributed by atoms with E-state index >= 15 is 0 Å². The van der Waals surface area contributed by atoms with Crippen LogP contribution < -0.4 is 4.74 Å². The molecule has 5 rings (SSSR count). The number of aromatic hydroxyl groups is 1. The highest BCUT2D eigenvalue weighted by molar-refractivity contribution is 5.44. The fraction of sp³-hybridized carbons (Fsp3) is 0.571. The SMILES string of the molecule is CN(C)CCOc1ccc([C@@H]2Cc3cc(O)ccc3C3CC[C@@]4(C)C(CC[C@@H]4O)C32)cc1. The van der Waals surface area contributed by atoms with Gasteiger partial charge in [-0.25, -0.2) is 0 Å². The summed E-state index contributed by atoms with van der Waals surface area (Å²) in [5.74, 6) is 3.26. The Morgan fingerprint density at radius 3 is 2.56 bits per heavy atom. The molecule has 2 aromatic rings. The van der Waals surface area contributed by atoms with Crippen molar-refractivity contribution in [3.05, 3.63) is 59.2 Å². The van der Waals surface area contributed by atoms with Crippen LogP contribution in [0.25, 0.3) is 0 Å². The highest BCUT2D eigenvalue weighted by Crippen LogP contribution is 2.63. The summed E-state index contributed by atoms with van der Waals surface area (Å²) in [7, 11) is 4.11. The van der Waals surface area contributed by atoms with Gasteiger partial charge in [0, 0.05) is 6.54 Å². The lowest BCUT2D eigenvalue weighted by Crippen LogP contribution is -2.46. The smallest absolute Gasteiger partial charge is 0.119 e. The molecule has 3 aliphatic carbocycles. The molecule has 0 spiro atoms. The van der Waals surface area contributed by atoms with Gasteiger partial charge in [-0.1, -0.05) is 25.1 Å². The molecule has 32 heavy (non-hydrogen) atoms. The average molecular weight is 436 g/mol. The molecule has 0 heterocycles. The third kappa shape index (κ3) is 3.72. The molecule has 0 amide bonds. The third-order valence-corrected chi connectivity index (χ3v) is 8.83. The average Bonchev–Trinajstić information content (AvgIpc) is 3.07. The maximum absolute atomic E-state index is 10.9. The molecule has 3 unspecified atom stereocenters. The number of ether oxygens (including phenoxy) is 1. The molecule has 4 heteroatoms. The van der Waals surface area contributed by atoms with Crippen LogP contribution in [-0.4, -0.2) is 48.5 Å². The Morgan fingerprint density at radius 2 is 1.81 bits per heavy atom. The first-order chi connectivity index (χ1) is 15.4. The summed E-state index contributed by atoms with van der Waals surface area (Å²) in [6, 6.07) is 14.7. The molecule has 2 aromatic carbocycles. The minimum atomic E-state index is -0.178. The van der Waals surface area contributed by atoms with E-state index in [0.29, 0.717) is 36.0 Å². The van der Waals surface area contributed by atoms with Crippen molar-refractivity contribution in [2.45, 2.75) is 57.0 Å². The Labute approximate surface area is 192 Å². The second-order valence-corrected chi connectivity index (χ2v) is 10.8. The van der Waals surface area contributed by atoms with Crippen molar-refractivity contribution in [3.63, 3.8) is 0 Å². The molecular formula is C28H37NO3. The minimum Gasteiger partial charge on any atom is -0.508 e. The van der Waals surface area contributed by atoms with Crippen molar-refractivity contribution in [3.8, 4) is 11.5 Å². The number of aliphatic hydroxyl groups is 1. The van der Waals surface area contributed by atoms with Crippen LogP contribution in [0.4, 0.5) is 0 Å². The van der Waals surface area contributed by atoms with Gasteiger partial charge in [-0.2, -0.15) is 0 Å². The van der Waals surface area contributed by atoms with E-state index in [4.69, 9.17) is 4.74 Å². The molecule has 2 fully saturated rings. The number of phenols is 1. The summed E-state index contributed by atoms with van der Waals surface area (Å²) in [6.07, 6.45) is 5.03. The Morgan fingerprint density at radius 1 is 1.03 bits per heavy atom. The van der Waals surface area contributed by atoms with E-state index < -0.39 is 0 Å². The lowest BCUT2D eigenvalue weighted by atomic mass is 9.51. The van der Waals surface area contributed by atoms with Gasteiger partial charge < -0.3 is 19.8 Å². The molecule has 172 valence electrons. The Kier molecular flexibility index (Phi) is 5.71. The zero-order valence-corrected chi connectivity index (χ0v) is 19.6. The van der Waals surface area contributed by atoms with Gasteiger partial charge in [-0.05, 0) is 116 Å². The van der Waals surface area contributed by atoms with Gasteiger partial charge in [0.2, 0.25) is 0 Å². The number of aliphatic hydroxyl groups excluding tert-OH is 1. The van der Waals surface area contributed by atoms with Gasteiger partial charge in [0.05, 0.1) is 6.10 Å². The standard InChI is InChI=1S/C28H37NO3/c1-28-13-12-23-22-9-6-20(30)16-19(22)17-24(27(23)25(28)10-11-26(28)31)18-4-7-21(8-5-18)32-15-14-29(2)3/h4-9,16,23-27,30-31H,10-15,17H2,1-3H3/t23?,24-,25?,26-,27?,28-/m0/s1. The topological polar surface area (TPSA) is 52.9 Å². The van der Waals surface area contributed by atoms with Gasteiger partial charge in [0.15, 0.2) is 0 Å². The van der Waals surface area contributed by atoms with E-state index in [1.54, 1.807) is 0 Å². The van der Waals surface area contributed by atoms with Crippen molar-refractivity contribution in [2.24, 2.45) is 17.3 Å². The van der Waals surface area contributed by atoms with E-state index in [0.717, 1.165) is 44.4 Å². The summed E-state index contributed by atoms with van der Waals surface area (Å²) in [5.41, 5.74) is 4.11. The zero-order valence-electron chi connectivity index (χ0n) is 19.6. The molecule has 2 saturated carbocycles. The van der Waals surface area contributed by atoms with Crippen LogP contribution in [0.5, 0.6) is 11.5 Å². The zero-order chi connectivity index (χ0) is 22.5. The lowest BCUT2D eigenvalue weighted by molar-refractivity contribution is -0.0282. The molecule has 4 nitrogen and oxygen atoms in total. The minimum absolute atomic E-state index is 0.0308. The van der Waals surface area contributed by atoms with Crippen LogP contribution in [0.2, 0.25) is 0 Å². The predicted octanol–water partition coefficient (Wildman–Crippen LogP) is 4.94. The summed E-state index contributed by atoms with van der Waals surface area (Å²) in [4.78, 5) is 2.12. The fourth-order valence-corrected chi connectivity index (χ4v) is 7.09. The van der Waals surface area contributed by atoms with E-state index in [2.05, 4.69) is 56.3 Å². The van der Waals surface area contributed by atoms with Gasteiger partial charge in [0.1, 0.15) is 18.1 Å². The number of rotatable bonds is 5. The molecule has 0 saturated heterocycles. The molecule has 2 N–H and O–H groups in total. The first-order valence-electron chi connectivity index (χ1n) is 12.2. The summed E-state index contributed by atoms with van der Waals surface area (Å²) in [5, 5.41) is 21.0. The van der Waals surface area contributed by atoms with Gasteiger partial charge in [-0.15, -0.1) is 0 Å². The maximum atomic E-state index is 10.9. The monoisotopic (exact) mass is 435 g/mol. The first-order valence-corrected chi connectivity index (χ1v) is 12.2. The fourth-order valence-electron chi connectivity index (χ4n) is 7.09. The second-order valence-electron chi connectivity index (χ2n) is 10.8. The summed E-state index contributed by atoms with van der Waals surface area (Å²) >= 11 is 0. The van der Waals surface area contributed by atoms with Crippen molar-refractivity contribution in [1.82, 2.24) is 4.90 Å². The Hall–Kier alpha value is -2.04. The maximum Gasteiger partial charge on any atom is 0.119 e. The van der Waals surface area contributed by atoms with Crippen molar-refractivity contribution in [1.29, 1.82) is 0 Å². The number of phenolic OH excluding ortho intramolecular Hbond substituents is 1. The number of nitrogens with zero attached hydrogens (tertiary/aromatic N) is 1. The Balaban J connectivity index is 1.47. The van der Waals surface area contributed by atoms with Crippen LogP contribution in [0.1, 0.15) is 61.1 Å². The highest BCUT2D eigenvalue weighted by atomic mass is 16.5. The van der Waals surface area contributed by atoms with Crippen LogP contribution in [-0.2, 0) is 6.42 Å². The van der Waals surface area contributed by atoms with Crippen molar-refractivity contribution >= 4 is 0 Å². The van der Waals surface area contributed by atoms with Gasteiger partial charge in [0.25, 0.3) is 0 Å². The number of hydrogen-bond donors (Lipinski definition) is 2. The molecule has 0 bridgehead atoms. The molecule has 3 aliphatic rings. The quantitative estimate of drug-likeness (QED) is 0.698. The van der Waals surface area contributed by atoms with E-state index in [9.17, 15) is 10.2 Å². The lowest BCUT2D eigenvalue weighted by Gasteiger charge is -2.53. The predicted molar refractivity (Wildman–Crippen MR) is 127 cm³/mol. The van der Waals surface area contributed by atoms with E-state index in [-0.39, 0.29) is 11.5 Å². The largest absolute Gasteiger partial charge is 0.508 e. The number of fused-ring (bicyclic) bond motifs is 5. The van der Waals surface area contributed by atoms with E-state index in [1.807, 2.05) is 12.1 Å². The number of hydrogen-bond acceptors (Lipinski definition) is 4. The van der Waals surface area contributed by atoms with Gasteiger partial charge >= 0.3 is 0 Å². The molecular weight excluding hydrogens is 398 g/mol. The Bertz CT molecular complexity index is 956. The molecule has 6 atom stereocenters. The summed E-state index contributed by atoms with van der Waals surface area (Å²) < 4.78 is 5.93. The van der Waals surface area contributed by atoms with Crippen LogP contribution >= 0.6 is 0 Å². The summed E-state index contributed by atoms with van der Waals surface area (Å²) in [6.45, 7) is 3.92. The van der Waals surface area contributed by atoms with Crippen LogP contribution in [0.15, 0.2) is 42.5 Å².